The van der Waals surface area contributed by atoms with Gasteiger partial charge in [0.25, 0.3) is 5.91 Å². The molecule has 0 spiro atoms. The van der Waals surface area contributed by atoms with Crippen LogP contribution in [-0.2, 0) is 14.3 Å². The predicted octanol–water partition coefficient (Wildman–Crippen LogP) is 0.0722. The number of aliphatic hydroxyl groups excluding tert-OH is 2. The van der Waals surface area contributed by atoms with Crippen molar-refractivity contribution in [3.05, 3.63) is 35.6 Å². The third kappa shape index (κ3) is 5.11. The van der Waals surface area contributed by atoms with Crippen LogP contribution in [0.15, 0.2) is 24.3 Å². The van der Waals surface area contributed by atoms with Crippen molar-refractivity contribution in [2.24, 2.45) is 0 Å². The number of ether oxygens (including phenoxy) is 2. The molecule has 2 heterocycles. The molecule has 0 radical (unpaired) electrons. The van der Waals surface area contributed by atoms with Crippen molar-refractivity contribution < 1.29 is 33.7 Å². The molecule has 2 saturated heterocycles. The fourth-order valence-electron chi connectivity index (χ4n) is 3.91. The van der Waals surface area contributed by atoms with Crippen molar-refractivity contribution in [1.82, 2.24) is 10.2 Å². The lowest BCUT2D eigenvalue weighted by molar-refractivity contribution is -0.137. The fourth-order valence-corrected chi connectivity index (χ4v) is 3.91. The van der Waals surface area contributed by atoms with E-state index in [1.807, 2.05) is 0 Å². The molecule has 5 atom stereocenters. The molecule has 0 bridgehead atoms. The maximum absolute atomic E-state index is 13.2. The van der Waals surface area contributed by atoms with Crippen LogP contribution in [-0.4, -0.2) is 84.2 Å². The van der Waals surface area contributed by atoms with Gasteiger partial charge in [-0.25, -0.2) is 4.39 Å². The molecule has 0 aliphatic carbocycles. The number of rotatable bonds is 7. The van der Waals surface area contributed by atoms with Gasteiger partial charge >= 0.3 is 0 Å². The molecule has 1 aromatic rings. The summed E-state index contributed by atoms with van der Waals surface area (Å²) in [5.74, 6) is -1.21. The molecule has 3 N–H and O–H groups in total. The highest BCUT2D eigenvalue weighted by Crippen LogP contribution is 2.26. The minimum atomic E-state index is -1.24. The van der Waals surface area contributed by atoms with E-state index in [4.69, 9.17) is 9.47 Å². The molecule has 2 aliphatic heterocycles. The van der Waals surface area contributed by atoms with Gasteiger partial charge in [0.15, 0.2) is 0 Å². The molecule has 0 unspecified atom stereocenters. The van der Waals surface area contributed by atoms with Crippen molar-refractivity contribution in [2.75, 3.05) is 26.8 Å². The predicted molar refractivity (Wildman–Crippen MR) is 101 cm³/mol. The second-order valence-electron chi connectivity index (χ2n) is 7.46. The number of nitrogens with zero attached hydrogens (tertiary/aromatic N) is 1. The van der Waals surface area contributed by atoms with Crippen LogP contribution in [0.5, 0.6) is 0 Å². The molecule has 3 rings (SSSR count). The average molecular weight is 410 g/mol. The number of carbonyl (C=O) groups is 2. The normalized spacial score (nSPS) is 29.2. The molecular formula is C20H27FN2O6. The highest BCUT2D eigenvalue weighted by molar-refractivity contribution is 5.94. The Balaban J connectivity index is 1.53. The zero-order valence-electron chi connectivity index (χ0n) is 16.3. The summed E-state index contributed by atoms with van der Waals surface area (Å²) in [6.07, 6.45) is -2.51. The van der Waals surface area contributed by atoms with Crippen LogP contribution in [0.1, 0.15) is 29.6 Å². The minimum Gasteiger partial charge on any atom is -0.388 e. The second kappa shape index (κ2) is 9.62. The summed E-state index contributed by atoms with van der Waals surface area (Å²) in [5.41, 5.74) is 0.142. The molecule has 2 amide bonds. The van der Waals surface area contributed by atoms with Gasteiger partial charge in [0, 0.05) is 25.8 Å². The molecule has 2 fully saturated rings. The Hall–Kier alpha value is -2.07. The number of methoxy groups -OCH3 is 1. The monoisotopic (exact) mass is 410 g/mol. The van der Waals surface area contributed by atoms with Gasteiger partial charge in [-0.1, -0.05) is 6.07 Å². The van der Waals surface area contributed by atoms with Crippen molar-refractivity contribution >= 4 is 11.8 Å². The summed E-state index contributed by atoms with van der Waals surface area (Å²) < 4.78 is 24.0. The molecule has 1 aromatic carbocycles. The number of hydrogen-bond acceptors (Lipinski definition) is 6. The number of likely N-dealkylation sites (tertiary alicyclic amines) is 1. The topological polar surface area (TPSA) is 108 Å². The average Bonchev–Trinajstić information content (AvgIpc) is 3.26. The smallest absolute Gasteiger partial charge is 0.251 e. The van der Waals surface area contributed by atoms with Gasteiger partial charge in [-0.05, 0) is 31.0 Å². The third-order valence-corrected chi connectivity index (χ3v) is 5.44. The number of carbonyl (C=O) groups excluding carboxylic acids is 2. The molecular weight excluding hydrogens is 383 g/mol. The Morgan fingerprint density at radius 1 is 1.31 bits per heavy atom. The number of halogens is 1. The van der Waals surface area contributed by atoms with E-state index >= 15 is 0 Å². The van der Waals surface area contributed by atoms with Gasteiger partial charge in [-0.3, -0.25) is 9.59 Å². The number of amides is 2. The van der Waals surface area contributed by atoms with E-state index in [1.165, 1.54) is 18.2 Å². The largest absolute Gasteiger partial charge is 0.388 e. The van der Waals surface area contributed by atoms with Crippen LogP contribution in [0.3, 0.4) is 0 Å². The van der Waals surface area contributed by atoms with Gasteiger partial charge in [-0.15, -0.1) is 0 Å². The molecule has 160 valence electrons. The first kappa shape index (κ1) is 21.6. The Morgan fingerprint density at radius 3 is 2.79 bits per heavy atom. The van der Waals surface area contributed by atoms with Gasteiger partial charge in [-0.2, -0.15) is 0 Å². The molecule has 2 aliphatic rings. The van der Waals surface area contributed by atoms with Crippen LogP contribution < -0.4 is 5.32 Å². The number of benzene rings is 1. The van der Waals surface area contributed by atoms with E-state index in [0.717, 1.165) is 18.9 Å². The molecule has 0 saturated carbocycles. The van der Waals surface area contributed by atoms with Crippen molar-refractivity contribution in [3.63, 3.8) is 0 Å². The van der Waals surface area contributed by atoms with E-state index in [1.54, 1.807) is 12.0 Å². The lowest BCUT2D eigenvalue weighted by atomic mass is 10.0. The highest BCUT2D eigenvalue weighted by atomic mass is 19.1. The van der Waals surface area contributed by atoms with Crippen LogP contribution >= 0.6 is 0 Å². The SMILES string of the molecule is COC[C@@H]1CCCN1C(=O)C[C@H]1O[C@H](CNC(=O)c2cccc(F)c2)[C@@H](O)[C@H]1O. The maximum atomic E-state index is 13.2. The highest BCUT2D eigenvalue weighted by Gasteiger charge is 2.44. The fraction of sp³-hybridized carbons (Fsp3) is 0.600. The lowest BCUT2D eigenvalue weighted by Gasteiger charge is -2.26. The van der Waals surface area contributed by atoms with Crippen LogP contribution in [0.25, 0.3) is 0 Å². The molecule has 29 heavy (non-hydrogen) atoms. The van der Waals surface area contributed by atoms with E-state index in [-0.39, 0.29) is 30.5 Å². The Kier molecular flexibility index (Phi) is 7.18. The number of nitrogens with one attached hydrogen (secondary N) is 1. The van der Waals surface area contributed by atoms with Gasteiger partial charge in [0.2, 0.25) is 5.91 Å². The summed E-state index contributed by atoms with van der Waals surface area (Å²) in [7, 11) is 1.59. The zero-order chi connectivity index (χ0) is 21.0. The van der Waals surface area contributed by atoms with Crippen molar-refractivity contribution in [3.8, 4) is 0 Å². The Bertz CT molecular complexity index is 733. The molecule has 0 aromatic heterocycles. The quantitative estimate of drug-likeness (QED) is 0.587. The maximum Gasteiger partial charge on any atom is 0.251 e. The van der Waals surface area contributed by atoms with Crippen LogP contribution in [0.2, 0.25) is 0 Å². The van der Waals surface area contributed by atoms with Gasteiger partial charge in [0.1, 0.15) is 24.1 Å². The molecule has 8 nitrogen and oxygen atoms in total. The summed E-state index contributed by atoms with van der Waals surface area (Å²) in [6, 6.07) is 5.23. The minimum absolute atomic E-state index is 0.0114. The molecule has 9 heteroatoms. The standard InChI is InChI=1S/C20H27FN2O6/c1-28-11-14-6-3-7-23(14)17(24)9-15-18(25)19(26)16(29-15)10-22-20(27)12-4-2-5-13(21)8-12/h2,4-5,8,14-16,18-19,25-26H,3,6-7,9-11H2,1H3,(H,22,27)/t14-,15+,16+,18-,19+/m0/s1. The van der Waals surface area contributed by atoms with Crippen LogP contribution in [0.4, 0.5) is 4.39 Å². The van der Waals surface area contributed by atoms with Crippen LogP contribution in [0, 0.1) is 5.82 Å². The summed E-state index contributed by atoms with van der Waals surface area (Å²) in [5, 5.41) is 23.1. The lowest BCUT2D eigenvalue weighted by Crippen LogP contribution is -2.42. The zero-order valence-corrected chi connectivity index (χ0v) is 16.3. The second-order valence-corrected chi connectivity index (χ2v) is 7.46. The van der Waals surface area contributed by atoms with E-state index < -0.39 is 36.1 Å². The van der Waals surface area contributed by atoms with Gasteiger partial charge < -0.3 is 29.9 Å². The number of aliphatic hydroxyl groups is 2. The van der Waals surface area contributed by atoms with E-state index in [0.29, 0.717) is 13.2 Å². The van der Waals surface area contributed by atoms with E-state index in [9.17, 15) is 24.2 Å². The summed E-state index contributed by atoms with van der Waals surface area (Å²) in [6.45, 7) is 1.01. The summed E-state index contributed by atoms with van der Waals surface area (Å²) in [4.78, 5) is 26.5. The first-order valence-corrected chi connectivity index (χ1v) is 9.74. The number of hydrogen-bond donors (Lipinski definition) is 3. The summed E-state index contributed by atoms with van der Waals surface area (Å²) >= 11 is 0. The first-order chi connectivity index (χ1) is 13.9. The van der Waals surface area contributed by atoms with Crippen molar-refractivity contribution in [2.45, 2.75) is 49.7 Å². The first-order valence-electron chi connectivity index (χ1n) is 9.74. The van der Waals surface area contributed by atoms with Gasteiger partial charge in [0.05, 0.1) is 25.2 Å². The Morgan fingerprint density at radius 2 is 2.07 bits per heavy atom. The van der Waals surface area contributed by atoms with E-state index in [2.05, 4.69) is 5.32 Å². The Labute approximate surface area is 168 Å². The third-order valence-electron chi connectivity index (χ3n) is 5.44. The van der Waals surface area contributed by atoms with Crippen molar-refractivity contribution in [1.29, 1.82) is 0 Å².